The van der Waals surface area contributed by atoms with E-state index in [2.05, 4.69) is 25.9 Å². The summed E-state index contributed by atoms with van der Waals surface area (Å²) in [6.07, 6.45) is 0. The molecule has 0 unspecified atom stereocenters. The van der Waals surface area contributed by atoms with Crippen molar-refractivity contribution in [2.24, 2.45) is 15.1 Å². The Balaban J connectivity index is 1.78. The Kier molecular flexibility index (Phi) is 5.98. The average Bonchev–Trinajstić information content (AvgIpc) is 3.30. The molecule has 2 heterocycles. The van der Waals surface area contributed by atoms with Gasteiger partial charge in [0, 0.05) is 14.7 Å². The summed E-state index contributed by atoms with van der Waals surface area (Å²) in [5.41, 5.74) is 1.24. The van der Waals surface area contributed by atoms with Crippen molar-refractivity contribution in [1.82, 2.24) is 4.57 Å². The van der Waals surface area contributed by atoms with E-state index in [1.165, 1.54) is 28.8 Å². The van der Waals surface area contributed by atoms with Crippen molar-refractivity contribution in [3.8, 4) is 11.6 Å². The van der Waals surface area contributed by atoms with Crippen molar-refractivity contribution < 1.29 is 18.3 Å². The Morgan fingerprint density at radius 1 is 1.06 bits per heavy atom. The topological polar surface area (TPSA) is 127 Å². The van der Waals surface area contributed by atoms with Crippen LogP contribution in [0.4, 0.5) is 5.69 Å². The molecular weight excluding hydrogens is 576 g/mol. The van der Waals surface area contributed by atoms with Crippen LogP contribution in [0, 0.1) is 0 Å². The minimum Gasteiger partial charge on any atom is -0.493 e. The standard InChI is InChI=1S/C23H14BrClN4O4S2/c24-17-3-1-2-16-18(21(30)28-19(16)17)20-22(31)29(14-8-4-12(25)5-9-14)23(34-20)27-13-6-10-15(11-7-13)35(26,32)33/h1-11,31H,(H2,26,32,33). The number of thiazole rings is 1. The molecule has 1 amide bonds. The molecule has 0 saturated heterocycles. The third-order valence-corrected chi connectivity index (χ3v) is 8.05. The molecule has 35 heavy (non-hydrogen) atoms. The molecule has 0 bridgehead atoms. The molecule has 4 aromatic rings. The molecule has 3 aromatic carbocycles. The number of carbonyl (C=O) groups excluding carboxylic acids is 1. The number of para-hydroxylation sites is 1. The van der Waals surface area contributed by atoms with E-state index in [0.29, 0.717) is 41.1 Å². The summed E-state index contributed by atoms with van der Waals surface area (Å²) < 4.78 is 25.3. The monoisotopic (exact) mass is 588 g/mol. The van der Waals surface area contributed by atoms with Crippen molar-refractivity contribution in [2.75, 3.05) is 0 Å². The number of aromatic nitrogens is 1. The lowest BCUT2D eigenvalue weighted by atomic mass is 10.1. The first-order valence-electron chi connectivity index (χ1n) is 9.94. The number of nitrogens with two attached hydrogens (primary N) is 1. The fourth-order valence-corrected chi connectivity index (χ4v) is 5.77. The van der Waals surface area contributed by atoms with Crippen LogP contribution in [0.15, 0.2) is 86.1 Å². The van der Waals surface area contributed by atoms with Gasteiger partial charge in [0.2, 0.25) is 15.9 Å². The summed E-state index contributed by atoms with van der Waals surface area (Å²) in [6.45, 7) is 0. The van der Waals surface area contributed by atoms with Crippen LogP contribution in [-0.2, 0) is 14.8 Å². The van der Waals surface area contributed by atoms with E-state index < -0.39 is 15.9 Å². The van der Waals surface area contributed by atoms with Crippen molar-refractivity contribution >= 4 is 66.1 Å². The Labute approximate surface area is 216 Å². The van der Waals surface area contributed by atoms with Gasteiger partial charge < -0.3 is 5.11 Å². The molecule has 0 atom stereocenters. The van der Waals surface area contributed by atoms with Crippen molar-refractivity contribution in [1.29, 1.82) is 0 Å². The predicted molar refractivity (Wildman–Crippen MR) is 136 cm³/mol. The highest BCUT2D eigenvalue weighted by molar-refractivity contribution is 9.10. The number of rotatable bonds is 4. The molecule has 1 aliphatic heterocycles. The number of primary sulfonamides is 1. The van der Waals surface area contributed by atoms with Gasteiger partial charge in [0.05, 0.1) is 27.2 Å². The first-order valence-corrected chi connectivity index (χ1v) is 13.5. The maximum Gasteiger partial charge on any atom is 0.279 e. The molecular formula is C23H14BrClN4O4S2. The summed E-state index contributed by atoms with van der Waals surface area (Å²) in [5.74, 6) is -0.667. The molecule has 0 saturated carbocycles. The van der Waals surface area contributed by atoms with E-state index in [0.717, 1.165) is 11.3 Å². The molecule has 0 fully saturated rings. The first kappa shape index (κ1) is 23.6. The van der Waals surface area contributed by atoms with Gasteiger partial charge in [-0.25, -0.2) is 23.5 Å². The van der Waals surface area contributed by atoms with Gasteiger partial charge >= 0.3 is 0 Å². The second-order valence-corrected chi connectivity index (χ2v) is 11.3. The van der Waals surface area contributed by atoms with E-state index in [-0.39, 0.29) is 16.3 Å². The zero-order chi connectivity index (χ0) is 24.9. The van der Waals surface area contributed by atoms with Gasteiger partial charge in [-0.1, -0.05) is 35.1 Å². The third-order valence-electron chi connectivity index (χ3n) is 5.18. The molecule has 1 aromatic heterocycles. The van der Waals surface area contributed by atoms with Gasteiger partial charge in [-0.3, -0.25) is 9.36 Å². The minimum absolute atomic E-state index is 0.0485. The highest BCUT2D eigenvalue weighted by Gasteiger charge is 2.26. The number of fused-ring (bicyclic) bond motifs is 1. The Morgan fingerprint density at radius 2 is 1.74 bits per heavy atom. The lowest BCUT2D eigenvalue weighted by molar-refractivity contribution is -0.112. The van der Waals surface area contributed by atoms with E-state index in [1.54, 1.807) is 42.5 Å². The third kappa shape index (κ3) is 4.37. The molecule has 176 valence electrons. The molecule has 1 aliphatic rings. The van der Waals surface area contributed by atoms with Crippen molar-refractivity contribution in [2.45, 2.75) is 4.90 Å². The molecule has 3 N–H and O–H groups in total. The lowest BCUT2D eigenvalue weighted by Crippen LogP contribution is -2.24. The number of benzene rings is 3. The average molecular weight is 590 g/mol. The first-order chi connectivity index (χ1) is 16.6. The van der Waals surface area contributed by atoms with E-state index >= 15 is 0 Å². The number of halogens is 2. The normalized spacial score (nSPS) is 13.7. The zero-order valence-corrected chi connectivity index (χ0v) is 21.5. The Morgan fingerprint density at radius 3 is 2.40 bits per heavy atom. The van der Waals surface area contributed by atoms with Gasteiger partial charge in [-0.2, -0.15) is 0 Å². The SMILES string of the molecule is NS(=O)(=O)c1ccc(N=c2sc(C3=c4cccc(Br)c4=NC3=O)c(O)n2-c2ccc(Cl)cc2)cc1. The van der Waals surface area contributed by atoms with E-state index in [9.17, 15) is 18.3 Å². The number of hydrogen-bond acceptors (Lipinski definition) is 6. The largest absolute Gasteiger partial charge is 0.493 e. The Hall–Kier alpha value is -3.09. The van der Waals surface area contributed by atoms with Crippen molar-refractivity contribution in [3.05, 3.63) is 96.5 Å². The molecule has 0 aliphatic carbocycles. The van der Waals surface area contributed by atoms with Crippen LogP contribution in [0.2, 0.25) is 5.02 Å². The van der Waals surface area contributed by atoms with Crippen LogP contribution in [-0.4, -0.2) is 24.0 Å². The highest BCUT2D eigenvalue weighted by atomic mass is 79.9. The molecule has 0 spiro atoms. The molecule has 12 heteroatoms. The van der Waals surface area contributed by atoms with Crippen LogP contribution >= 0.6 is 38.9 Å². The smallest absolute Gasteiger partial charge is 0.279 e. The van der Waals surface area contributed by atoms with Crippen LogP contribution in [0.5, 0.6) is 5.88 Å². The summed E-state index contributed by atoms with van der Waals surface area (Å²) in [7, 11) is -3.85. The minimum atomic E-state index is -3.85. The number of sulfonamides is 1. The number of carbonyl (C=O) groups is 1. The number of hydrogen-bond donors (Lipinski definition) is 2. The quantitative estimate of drug-likeness (QED) is 0.379. The van der Waals surface area contributed by atoms with Crippen LogP contribution in [0.1, 0.15) is 4.88 Å². The second-order valence-electron chi connectivity index (χ2n) is 7.43. The number of nitrogens with zero attached hydrogens (tertiary/aromatic N) is 3. The summed E-state index contributed by atoms with van der Waals surface area (Å²) in [6, 6.07) is 17.8. The fourth-order valence-electron chi connectivity index (χ4n) is 3.58. The number of aromatic hydroxyl groups is 1. The Bertz CT molecular complexity index is 1810. The van der Waals surface area contributed by atoms with Crippen LogP contribution in [0.25, 0.3) is 11.3 Å². The van der Waals surface area contributed by atoms with E-state index in [4.69, 9.17) is 16.7 Å². The molecule has 0 radical (unpaired) electrons. The van der Waals surface area contributed by atoms with Gasteiger partial charge in [-0.05, 0) is 70.5 Å². The summed E-state index contributed by atoms with van der Waals surface area (Å²) in [4.78, 5) is 22.2. The van der Waals surface area contributed by atoms with Crippen LogP contribution in [0.3, 0.4) is 0 Å². The van der Waals surface area contributed by atoms with Crippen molar-refractivity contribution in [3.63, 3.8) is 0 Å². The van der Waals surface area contributed by atoms with Gasteiger partial charge in [0.25, 0.3) is 5.91 Å². The maximum absolute atomic E-state index is 12.9. The van der Waals surface area contributed by atoms with Gasteiger partial charge in [0.1, 0.15) is 4.88 Å². The fraction of sp³-hybridized carbons (Fsp3) is 0. The molecule has 8 nitrogen and oxygen atoms in total. The lowest BCUT2D eigenvalue weighted by Gasteiger charge is -2.06. The number of amides is 1. The summed E-state index contributed by atoms with van der Waals surface area (Å²) >= 11 is 10.6. The summed E-state index contributed by atoms with van der Waals surface area (Å²) in [5, 5.41) is 18.1. The van der Waals surface area contributed by atoms with Crippen LogP contribution < -0.4 is 20.5 Å². The highest BCUT2D eigenvalue weighted by Crippen LogP contribution is 2.31. The molecule has 5 rings (SSSR count). The second kappa shape index (κ2) is 8.85. The maximum atomic E-state index is 12.9. The van der Waals surface area contributed by atoms with Gasteiger partial charge in [0.15, 0.2) is 4.80 Å². The predicted octanol–water partition coefficient (Wildman–Crippen LogP) is 2.90. The van der Waals surface area contributed by atoms with E-state index in [1.807, 2.05) is 0 Å². The zero-order valence-electron chi connectivity index (χ0n) is 17.5. The van der Waals surface area contributed by atoms with Gasteiger partial charge in [-0.15, -0.1) is 0 Å².